The van der Waals surface area contributed by atoms with Gasteiger partial charge in [0.1, 0.15) is 0 Å². The smallest absolute Gasteiger partial charge is 0.309 e. The molecule has 39 heavy (non-hydrogen) atoms. The number of likely N-dealkylation sites (tertiary alicyclic amines) is 1. The summed E-state index contributed by atoms with van der Waals surface area (Å²) in [7, 11) is -3.30. The van der Waals surface area contributed by atoms with Crippen molar-refractivity contribution in [1.82, 2.24) is 14.7 Å². The Morgan fingerprint density at radius 3 is 2.51 bits per heavy atom. The monoisotopic (exact) mass is 583 g/mol. The summed E-state index contributed by atoms with van der Waals surface area (Å²) < 4.78 is 31.2. The molecule has 1 saturated heterocycles. The number of thiophene rings is 1. The molecule has 1 aliphatic rings. The van der Waals surface area contributed by atoms with E-state index < -0.39 is 9.84 Å². The molecular formula is C29H30ClN3O4S2. The zero-order chi connectivity index (χ0) is 27.6. The molecule has 0 aliphatic carbocycles. The lowest BCUT2D eigenvalue weighted by Crippen LogP contribution is -2.36. The van der Waals surface area contributed by atoms with E-state index in [4.69, 9.17) is 21.4 Å². The van der Waals surface area contributed by atoms with Gasteiger partial charge in [-0.25, -0.2) is 13.1 Å². The van der Waals surface area contributed by atoms with Crippen LogP contribution in [0.5, 0.6) is 0 Å². The number of benzene rings is 2. The molecule has 0 amide bonds. The lowest BCUT2D eigenvalue weighted by Gasteiger charge is -2.30. The number of aromatic nitrogens is 2. The van der Waals surface area contributed by atoms with E-state index in [2.05, 4.69) is 11.0 Å². The normalized spacial score (nSPS) is 14.9. The van der Waals surface area contributed by atoms with Crippen LogP contribution < -0.4 is 0 Å². The van der Waals surface area contributed by atoms with Crippen LogP contribution in [0, 0.1) is 5.92 Å². The summed E-state index contributed by atoms with van der Waals surface area (Å²) >= 11 is 8.16. The fourth-order valence-electron chi connectivity index (χ4n) is 4.82. The Kier molecular flexibility index (Phi) is 8.23. The highest BCUT2D eigenvalue weighted by Gasteiger charge is 2.27. The minimum Gasteiger partial charge on any atom is -0.466 e. The molecule has 1 aliphatic heterocycles. The van der Waals surface area contributed by atoms with Gasteiger partial charge in [-0.1, -0.05) is 35.9 Å². The summed E-state index contributed by atoms with van der Waals surface area (Å²) in [6, 6.07) is 20.7. The van der Waals surface area contributed by atoms with Gasteiger partial charge in [-0.15, -0.1) is 11.3 Å². The van der Waals surface area contributed by atoms with Crippen LogP contribution in [0.25, 0.3) is 26.7 Å². The van der Waals surface area contributed by atoms with E-state index in [1.807, 2.05) is 54.1 Å². The van der Waals surface area contributed by atoms with Crippen molar-refractivity contribution < 1.29 is 17.9 Å². The molecule has 2 aromatic carbocycles. The van der Waals surface area contributed by atoms with Gasteiger partial charge >= 0.3 is 5.97 Å². The number of ether oxygens (including phenoxy) is 1. The van der Waals surface area contributed by atoms with E-state index in [1.165, 1.54) is 6.26 Å². The lowest BCUT2D eigenvalue weighted by molar-refractivity contribution is -0.149. The first-order valence-electron chi connectivity index (χ1n) is 12.9. The predicted octanol–water partition coefficient (Wildman–Crippen LogP) is 6.10. The summed E-state index contributed by atoms with van der Waals surface area (Å²) in [5.41, 5.74) is 3.46. The molecule has 0 bridgehead atoms. The molecule has 0 unspecified atom stereocenters. The Morgan fingerprint density at radius 2 is 1.79 bits per heavy atom. The van der Waals surface area contributed by atoms with Crippen molar-refractivity contribution in [3.63, 3.8) is 0 Å². The van der Waals surface area contributed by atoms with E-state index >= 15 is 0 Å². The highest BCUT2D eigenvalue weighted by molar-refractivity contribution is 7.90. The van der Waals surface area contributed by atoms with Crippen molar-refractivity contribution in [1.29, 1.82) is 0 Å². The van der Waals surface area contributed by atoms with Crippen molar-refractivity contribution >= 4 is 38.7 Å². The van der Waals surface area contributed by atoms with Gasteiger partial charge < -0.3 is 4.74 Å². The van der Waals surface area contributed by atoms with Crippen LogP contribution in [-0.4, -0.2) is 55.0 Å². The lowest BCUT2D eigenvalue weighted by atomic mass is 9.97. The van der Waals surface area contributed by atoms with Crippen molar-refractivity contribution in [2.75, 3.05) is 26.0 Å². The molecule has 4 aromatic rings. The molecule has 0 N–H and O–H groups in total. The molecule has 0 radical (unpaired) electrons. The second-order valence-electron chi connectivity index (χ2n) is 9.65. The fraction of sp³-hybridized carbons (Fsp3) is 0.310. The second-order valence-corrected chi connectivity index (χ2v) is 13.2. The molecule has 0 saturated carbocycles. The number of para-hydroxylation sites is 1. The zero-order valence-corrected chi connectivity index (χ0v) is 24.2. The molecular weight excluding hydrogens is 554 g/mol. The Morgan fingerprint density at radius 1 is 1.05 bits per heavy atom. The highest BCUT2D eigenvalue weighted by atomic mass is 35.5. The van der Waals surface area contributed by atoms with Crippen LogP contribution >= 0.6 is 22.9 Å². The van der Waals surface area contributed by atoms with E-state index in [-0.39, 0.29) is 11.9 Å². The number of hydrogen-bond acceptors (Lipinski definition) is 7. The summed E-state index contributed by atoms with van der Waals surface area (Å²) in [5, 5.41) is 5.55. The standard InChI is InChI=1S/C29H30ClN3O4S2/c1-3-37-29(34)20-13-15-32(16-14-20)19-22-18-26(33(31-22)25-10-5-4-9-24(25)30)28-12-11-27(38-28)21-7-6-8-23(17-21)39(2,35)36/h4-12,17-18,20H,3,13-16,19H2,1-2H3. The number of nitrogens with zero attached hydrogens (tertiary/aromatic N) is 3. The molecule has 7 nitrogen and oxygen atoms in total. The number of sulfone groups is 1. The predicted molar refractivity (Wildman–Crippen MR) is 155 cm³/mol. The van der Waals surface area contributed by atoms with Gasteiger partial charge in [-0.3, -0.25) is 9.69 Å². The van der Waals surface area contributed by atoms with Gasteiger partial charge in [0.05, 0.1) is 44.4 Å². The minimum atomic E-state index is -3.30. The van der Waals surface area contributed by atoms with Gasteiger partial charge in [0.25, 0.3) is 0 Å². The number of esters is 1. The first kappa shape index (κ1) is 27.6. The van der Waals surface area contributed by atoms with Crippen molar-refractivity contribution in [3.05, 3.63) is 77.4 Å². The third kappa shape index (κ3) is 6.27. The summed E-state index contributed by atoms with van der Waals surface area (Å²) in [6.07, 6.45) is 2.77. The van der Waals surface area contributed by atoms with E-state index in [1.54, 1.807) is 29.5 Å². The van der Waals surface area contributed by atoms with Gasteiger partial charge in [0, 0.05) is 17.7 Å². The largest absolute Gasteiger partial charge is 0.466 e. The van der Waals surface area contributed by atoms with Gasteiger partial charge in [-0.05, 0) is 80.9 Å². The van der Waals surface area contributed by atoms with Gasteiger partial charge in [-0.2, -0.15) is 5.10 Å². The van der Waals surface area contributed by atoms with Gasteiger partial charge in [0.2, 0.25) is 0 Å². The molecule has 0 atom stereocenters. The number of halogens is 1. The molecule has 204 valence electrons. The number of piperidine rings is 1. The summed E-state index contributed by atoms with van der Waals surface area (Å²) in [5.74, 6) is -0.138. The van der Waals surface area contributed by atoms with E-state index in [0.717, 1.165) is 58.3 Å². The number of rotatable bonds is 8. The Labute approximate surface area is 237 Å². The van der Waals surface area contributed by atoms with E-state index in [0.29, 0.717) is 23.1 Å². The molecule has 2 aromatic heterocycles. The van der Waals surface area contributed by atoms with Crippen LogP contribution in [-0.2, 0) is 25.9 Å². The Bertz CT molecular complexity index is 1590. The molecule has 10 heteroatoms. The van der Waals surface area contributed by atoms with Crippen LogP contribution in [0.2, 0.25) is 5.02 Å². The van der Waals surface area contributed by atoms with Crippen molar-refractivity contribution in [3.8, 4) is 26.7 Å². The van der Waals surface area contributed by atoms with Crippen LogP contribution in [0.4, 0.5) is 0 Å². The van der Waals surface area contributed by atoms with Crippen LogP contribution in [0.15, 0.2) is 71.6 Å². The third-order valence-corrected chi connectivity index (χ3v) is 9.43. The SMILES string of the molecule is CCOC(=O)C1CCN(Cc2cc(-c3ccc(-c4cccc(S(C)(=O)=O)c4)s3)n(-c3ccccc3Cl)n2)CC1. The van der Waals surface area contributed by atoms with Crippen LogP contribution in [0.3, 0.4) is 0 Å². The summed E-state index contributed by atoms with van der Waals surface area (Å²) in [4.78, 5) is 16.7. The van der Waals surface area contributed by atoms with Crippen LogP contribution in [0.1, 0.15) is 25.5 Å². The quantitative estimate of drug-likeness (QED) is 0.233. The topological polar surface area (TPSA) is 81.5 Å². The van der Waals surface area contributed by atoms with E-state index in [9.17, 15) is 13.2 Å². The number of carbonyl (C=O) groups excluding carboxylic acids is 1. The molecule has 3 heterocycles. The maximum Gasteiger partial charge on any atom is 0.309 e. The first-order valence-corrected chi connectivity index (χ1v) is 15.9. The molecule has 5 rings (SSSR count). The number of hydrogen-bond donors (Lipinski definition) is 0. The van der Waals surface area contributed by atoms with Gasteiger partial charge in [0.15, 0.2) is 9.84 Å². The zero-order valence-electron chi connectivity index (χ0n) is 21.8. The first-order chi connectivity index (χ1) is 18.7. The second kappa shape index (κ2) is 11.6. The Balaban J connectivity index is 1.44. The summed E-state index contributed by atoms with van der Waals surface area (Å²) in [6.45, 7) is 4.52. The minimum absolute atomic E-state index is 0.0387. The number of carbonyl (C=O) groups is 1. The third-order valence-electron chi connectivity index (χ3n) is 6.84. The fourth-order valence-corrected chi connectivity index (χ4v) is 6.70. The highest BCUT2D eigenvalue weighted by Crippen LogP contribution is 2.37. The van der Waals surface area contributed by atoms with Crippen molar-refractivity contribution in [2.24, 2.45) is 5.92 Å². The Hall–Kier alpha value is -2.98. The van der Waals surface area contributed by atoms with Crippen molar-refractivity contribution in [2.45, 2.75) is 31.2 Å². The average Bonchev–Trinajstić information content (AvgIpc) is 3.57. The maximum atomic E-state index is 12.1. The molecule has 0 spiro atoms. The maximum absolute atomic E-state index is 12.1. The molecule has 1 fully saturated rings. The average molecular weight is 584 g/mol.